The normalized spacial score (nSPS) is 10.4. The fourth-order valence-electron chi connectivity index (χ4n) is 1.97. The van der Waals surface area contributed by atoms with Gasteiger partial charge in [-0.25, -0.2) is 4.79 Å². The van der Waals surface area contributed by atoms with Crippen LogP contribution in [0.2, 0.25) is 0 Å². The smallest absolute Gasteiger partial charge is 0.320 e. The largest absolute Gasteiger partial charge is 0.473 e. The van der Waals surface area contributed by atoms with Crippen molar-refractivity contribution in [3.05, 3.63) is 29.3 Å². The van der Waals surface area contributed by atoms with E-state index < -0.39 is 0 Å². The summed E-state index contributed by atoms with van der Waals surface area (Å²) in [4.78, 5) is 13.7. The van der Waals surface area contributed by atoms with Crippen LogP contribution in [0, 0.1) is 13.8 Å². The van der Waals surface area contributed by atoms with Gasteiger partial charge in [-0.1, -0.05) is 17.7 Å². The van der Waals surface area contributed by atoms with Gasteiger partial charge in [0.15, 0.2) is 6.73 Å². The van der Waals surface area contributed by atoms with Crippen LogP contribution in [0.25, 0.3) is 0 Å². The van der Waals surface area contributed by atoms with Crippen LogP contribution in [0.5, 0.6) is 5.75 Å². The number of nitrogens with one attached hydrogen (secondary N) is 1. The third-order valence-electron chi connectivity index (χ3n) is 3.20. The predicted octanol–water partition coefficient (Wildman–Crippen LogP) is 1.94. The van der Waals surface area contributed by atoms with E-state index in [0.29, 0.717) is 26.3 Å². The van der Waals surface area contributed by atoms with Gasteiger partial charge in [-0.15, -0.1) is 0 Å². The lowest BCUT2D eigenvalue weighted by molar-refractivity contribution is 0.119. The number of aryl methyl sites for hydroxylation is 2. The average Bonchev–Trinajstić information content (AvgIpc) is 2.49. The van der Waals surface area contributed by atoms with Crippen molar-refractivity contribution in [2.75, 3.05) is 47.3 Å². The van der Waals surface area contributed by atoms with Gasteiger partial charge in [0.1, 0.15) is 5.75 Å². The van der Waals surface area contributed by atoms with Crippen molar-refractivity contribution in [3.8, 4) is 5.75 Å². The summed E-state index contributed by atoms with van der Waals surface area (Å²) < 4.78 is 15.6. The number of amides is 2. The highest BCUT2D eigenvalue weighted by molar-refractivity contribution is 5.74. The Morgan fingerprint density at radius 3 is 2.32 bits per heavy atom. The van der Waals surface area contributed by atoms with Crippen LogP contribution in [-0.4, -0.2) is 58.2 Å². The minimum atomic E-state index is -0.195. The van der Waals surface area contributed by atoms with E-state index in [0.717, 1.165) is 11.3 Å². The van der Waals surface area contributed by atoms with E-state index in [1.54, 1.807) is 19.1 Å². The zero-order chi connectivity index (χ0) is 16.4. The summed E-state index contributed by atoms with van der Waals surface area (Å²) in [5.41, 5.74) is 2.23. The topological polar surface area (TPSA) is 60.0 Å². The maximum Gasteiger partial charge on any atom is 0.320 e. The Hall–Kier alpha value is -1.79. The zero-order valence-electron chi connectivity index (χ0n) is 13.8. The molecule has 6 nitrogen and oxygen atoms in total. The number of urea groups is 1. The first-order chi connectivity index (χ1) is 10.6. The van der Waals surface area contributed by atoms with Gasteiger partial charge in [0, 0.05) is 27.3 Å². The first-order valence-corrected chi connectivity index (χ1v) is 7.29. The van der Waals surface area contributed by atoms with Gasteiger partial charge in [0.2, 0.25) is 0 Å². The molecule has 2 amide bonds. The first-order valence-electron chi connectivity index (χ1n) is 7.29. The van der Waals surface area contributed by atoms with Crippen LogP contribution in [0.15, 0.2) is 18.2 Å². The fourth-order valence-corrected chi connectivity index (χ4v) is 1.97. The fraction of sp³-hybridized carbons (Fsp3) is 0.562. The monoisotopic (exact) mass is 310 g/mol. The molecule has 0 atom stereocenters. The molecule has 0 bridgehead atoms. The Morgan fingerprint density at radius 1 is 1.14 bits per heavy atom. The second-order valence-corrected chi connectivity index (χ2v) is 5.01. The summed E-state index contributed by atoms with van der Waals surface area (Å²) in [5, 5.41) is 2.74. The lowest BCUT2D eigenvalue weighted by atomic mass is 10.1. The molecule has 1 N–H and O–H groups in total. The van der Waals surface area contributed by atoms with Gasteiger partial charge in [0.05, 0.1) is 13.2 Å². The third kappa shape index (κ3) is 6.32. The van der Waals surface area contributed by atoms with Gasteiger partial charge in [-0.3, -0.25) is 0 Å². The number of hydrogen-bond donors (Lipinski definition) is 1. The van der Waals surface area contributed by atoms with Crippen molar-refractivity contribution < 1.29 is 19.0 Å². The van der Waals surface area contributed by atoms with Gasteiger partial charge < -0.3 is 24.4 Å². The number of ether oxygens (including phenoxy) is 3. The van der Waals surface area contributed by atoms with Crippen LogP contribution >= 0.6 is 0 Å². The third-order valence-corrected chi connectivity index (χ3v) is 3.20. The molecule has 124 valence electrons. The van der Waals surface area contributed by atoms with Crippen LogP contribution in [0.3, 0.4) is 0 Å². The molecule has 1 aromatic carbocycles. The molecule has 0 radical (unpaired) electrons. The minimum Gasteiger partial charge on any atom is -0.473 e. The molecule has 22 heavy (non-hydrogen) atoms. The molecular formula is C16H26N2O4. The summed E-state index contributed by atoms with van der Waals surface area (Å²) >= 11 is 0. The van der Waals surface area contributed by atoms with E-state index in [2.05, 4.69) is 5.32 Å². The van der Waals surface area contributed by atoms with Gasteiger partial charge in [-0.05, 0) is 25.5 Å². The molecule has 0 fully saturated rings. The Labute approximate surface area is 132 Å². The van der Waals surface area contributed by atoms with E-state index in [1.807, 2.05) is 32.0 Å². The van der Waals surface area contributed by atoms with Crippen molar-refractivity contribution in [2.24, 2.45) is 0 Å². The van der Waals surface area contributed by atoms with Gasteiger partial charge in [-0.2, -0.15) is 0 Å². The second kappa shape index (κ2) is 10.0. The number of hydrogen-bond acceptors (Lipinski definition) is 4. The molecule has 0 spiro atoms. The van der Waals surface area contributed by atoms with Crippen molar-refractivity contribution in [3.63, 3.8) is 0 Å². The molecule has 0 saturated heterocycles. The molecule has 0 aliphatic carbocycles. The van der Waals surface area contributed by atoms with Crippen LogP contribution in [0.4, 0.5) is 4.79 Å². The minimum absolute atomic E-state index is 0.124. The molecule has 1 rings (SSSR count). The van der Waals surface area contributed by atoms with Crippen LogP contribution in [-0.2, 0) is 9.47 Å². The Bertz CT molecular complexity index is 457. The van der Waals surface area contributed by atoms with Crippen molar-refractivity contribution in [1.29, 1.82) is 0 Å². The second-order valence-electron chi connectivity index (χ2n) is 5.01. The molecule has 1 aromatic rings. The van der Waals surface area contributed by atoms with Crippen molar-refractivity contribution >= 4 is 6.03 Å². The number of methoxy groups -OCH3 is 2. The predicted molar refractivity (Wildman–Crippen MR) is 85.3 cm³/mol. The van der Waals surface area contributed by atoms with Crippen LogP contribution < -0.4 is 10.1 Å². The van der Waals surface area contributed by atoms with Crippen molar-refractivity contribution in [1.82, 2.24) is 10.2 Å². The van der Waals surface area contributed by atoms with E-state index in [4.69, 9.17) is 14.2 Å². The van der Waals surface area contributed by atoms with Gasteiger partial charge in [0.25, 0.3) is 0 Å². The Balaban J connectivity index is 2.44. The molecule has 0 aromatic heterocycles. The first kappa shape index (κ1) is 18.3. The number of carbonyl (C=O) groups excluding carboxylic acids is 1. The summed E-state index contributed by atoms with van der Waals surface area (Å²) in [6.07, 6.45) is 0. The molecular weight excluding hydrogens is 284 g/mol. The maximum atomic E-state index is 12.1. The molecule has 6 heteroatoms. The van der Waals surface area contributed by atoms with E-state index in [1.165, 1.54) is 5.56 Å². The molecule has 0 aliphatic heterocycles. The quantitative estimate of drug-likeness (QED) is 0.708. The highest BCUT2D eigenvalue weighted by Crippen LogP contribution is 2.18. The SMILES string of the molecule is COCCN(CCOC)C(=O)NCOc1ccc(C)cc1C. The zero-order valence-corrected chi connectivity index (χ0v) is 13.8. The summed E-state index contributed by atoms with van der Waals surface area (Å²) in [7, 11) is 3.21. The van der Waals surface area contributed by atoms with E-state index in [9.17, 15) is 4.79 Å². The summed E-state index contributed by atoms with van der Waals surface area (Å²) in [6, 6.07) is 5.73. The van der Waals surface area contributed by atoms with E-state index >= 15 is 0 Å². The lowest BCUT2D eigenvalue weighted by Gasteiger charge is -2.22. The molecule has 0 aliphatic rings. The standard InChI is InChI=1S/C16H26N2O4/c1-13-5-6-15(14(2)11-13)22-12-17-16(19)18(7-9-20-3)8-10-21-4/h5-6,11H,7-10,12H2,1-4H3,(H,17,19). The van der Waals surface area contributed by atoms with E-state index in [-0.39, 0.29) is 12.8 Å². The van der Waals surface area contributed by atoms with Crippen LogP contribution in [0.1, 0.15) is 11.1 Å². The molecule has 0 saturated carbocycles. The Kier molecular flexibility index (Phi) is 8.32. The highest BCUT2D eigenvalue weighted by atomic mass is 16.5. The summed E-state index contributed by atoms with van der Waals surface area (Å²) in [6.45, 7) is 6.11. The molecule has 0 heterocycles. The number of rotatable bonds is 9. The summed E-state index contributed by atoms with van der Waals surface area (Å²) in [5.74, 6) is 0.770. The number of benzene rings is 1. The van der Waals surface area contributed by atoms with Crippen molar-refractivity contribution in [2.45, 2.75) is 13.8 Å². The maximum absolute atomic E-state index is 12.1. The Morgan fingerprint density at radius 2 is 1.77 bits per heavy atom. The number of nitrogens with zero attached hydrogens (tertiary/aromatic N) is 1. The number of carbonyl (C=O) groups is 1. The average molecular weight is 310 g/mol. The molecule has 0 unspecified atom stereocenters. The highest BCUT2D eigenvalue weighted by Gasteiger charge is 2.12. The van der Waals surface area contributed by atoms with Gasteiger partial charge >= 0.3 is 6.03 Å². The lowest BCUT2D eigenvalue weighted by Crippen LogP contribution is -2.44.